The molecule has 3 rings (SSSR count). The van der Waals surface area contributed by atoms with E-state index in [2.05, 4.69) is 0 Å². The van der Waals surface area contributed by atoms with Gasteiger partial charge < -0.3 is 0 Å². The molecule has 1 aliphatic rings. The van der Waals surface area contributed by atoms with Gasteiger partial charge in [-0.15, -0.1) is 0 Å². The molecule has 108 valence electrons. The summed E-state index contributed by atoms with van der Waals surface area (Å²) >= 11 is -0.864. The Labute approximate surface area is 129 Å². The molecular formula is C17H15AsF2O. The van der Waals surface area contributed by atoms with Gasteiger partial charge in [0.25, 0.3) is 0 Å². The van der Waals surface area contributed by atoms with Crippen LogP contribution in [0, 0.1) is 17.0 Å². The molecule has 0 aromatic heterocycles. The Kier molecular flexibility index (Phi) is 3.49. The summed E-state index contributed by atoms with van der Waals surface area (Å²) in [5.41, 5.74) is 1.49. The number of fused-ring (bicyclic) bond motifs is 1. The van der Waals surface area contributed by atoms with Gasteiger partial charge in [0.15, 0.2) is 0 Å². The Balaban J connectivity index is 1.91. The normalized spacial score (nSPS) is 16.7. The second kappa shape index (κ2) is 5.06. The van der Waals surface area contributed by atoms with Gasteiger partial charge in [-0.25, -0.2) is 0 Å². The van der Waals surface area contributed by atoms with Gasteiger partial charge in [0.2, 0.25) is 0 Å². The maximum absolute atomic E-state index is 13.7. The molecule has 0 radical (unpaired) electrons. The molecule has 1 unspecified atom stereocenters. The first-order chi connectivity index (χ1) is 9.87. The average Bonchev–Trinajstić information content (AvgIpc) is 2.63. The second-order valence-corrected chi connectivity index (χ2v) is 8.88. The van der Waals surface area contributed by atoms with Gasteiger partial charge in [0.05, 0.1) is 0 Å². The van der Waals surface area contributed by atoms with Crippen LogP contribution in [0.2, 0.25) is 0 Å². The van der Waals surface area contributed by atoms with Crippen LogP contribution in [0.15, 0.2) is 36.4 Å². The first-order valence-corrected chi connectivity index (χ1v) is 8.86. The van der Waals surface area contributed by atoms with Crippen LogP contribution >= 0.6 is 0 Å². The number of ketones is 1. The van der Waals surface area contributed by atoms with Crippen molar-refractivity contribution < 1.29 is 13.6 Å². The van der Waals surface area contributed by atoms with E-state index in [0.717, 1.165) is 28.0 Å². The van der Waals surface area contributed by atoms with Gasteiger partial charge in [-0.3, -0.25) is 0 Å². The van der Waals surface area contributed by atoms with Crippen molar-refractivity contribution in [1.82, 2.24) is 0 Å². The van der Waals surface area contributed by atoms with E-state index >= 15 is 0 Å². The minimum atomic E-state index is -0.864. The zero-order valence-electron chi connectivity index (χ0n) is 11.8. The van der Waals surface area contributed by atoms with Crippen LogP contribution in [0.1, 0.15) is 29.8 Å². The molecular weight excluding hydrogens is 333 g/mol. The summed E-state index contributed by atoms with van der Waals surface area (Å²) in [5.74, 6) is -0.854. The van der Waals surface area contributed by atoms with Crippen molar-refractivity contribution in [1.29, 1.82) is 0 Å². The minimum absolute atomic E-state index is 0.178. The maximum atomic E-state index is 13.7. The molecule has 2 aromatic carbocycles. The van der Waals surface area contributed by atoms with Crippen LogP contribution in [-0.2, 0) is 6.42 Å². The molecule has 1 atom stereocenters. The summed E-state index contributed by atoms with van der Waals surface area (Å²) in [5, 5.41) is 0. The molecule has 0 aliphatic heterocycles. The van der Waals surface area contributed by atoms with E-state index in [0.29, 0.717) is 4.35 Å². The quantitative estimate of drug-likeness (QED) is 0.760. The third-order valence-corrected chi connectivity index (χ3v) is 6.48. The summed E-state index contributed by atoms with van der Waals surface area (Å²) in [4.78, 5) is 12.2. The molecule has 1 nitrogen and oxygen atoms in total. The summed E-state index contributed by atoms with van der Waals surface area (Å²) < 4.78 is 28.3. The summed E-state index contributed by atoms with van der Waals surface area (Å²) in [6.45, 7) is 3.90. The number of halogens is 2. The van der Waals surface area contributed by atoms with Gasteiger partial charge in [0.1, 0.15) is 0 Å². The van der Waals surface area contributed by atoms with Crippen LogP contribution in [0.4, 0.5) is 8.78 Å². The van der Waals surface area contributed by atoms with Crippen molar-refractivity contribution in [2.75, 3.05) is 0 Å². The zero-order chi connectivity index (χ0) is 15.2. The van der Waals surface area contributed by atoms with Crippen molar-refractivity contribution in [2.45, 2.75) is 20.3 Å². The van der Waals surface area contributed by atoms with Crippen LogP contribution in [-0.4, -0.2) is 21.5 Å². The van der Waals surface area contributed by atoms with Crippen molar-refractivity contribution in [2.24, 2.45) is 5.41 Å². The number of carbonyl (C=O) groups is 1. The number of rotatable bonds is 2. The Hall–Kier alpha value is -1.47. The predicted octanol–water partition coefficient (Wildman–Crippen LogP) is 2.12. The first kappa shape index (κ1) is 14.5. The molecule has 0 amide bonds. The number of hydrogen-bond donors (Lipinski definition) is 0. The molecule has 2 aromatic rings. The monoisotopic (exact) mass is 348 g/mol. The topological polar surface area (TPSA) is 17.1 Å². The van der Waals surface area contributed by atoms with E-state index in [4.69, 9.17) is 0 Å². The van der Waals surface area contributed by atoms with Crippen LogP contribution in [0.3, 0.4) is 0 Å². The fourth-order valence-corrected chi connectivity index (χ4v) is 4.98. The summed E-state index contributed by atoms with van der Waals surface area (Å²) in [6.07, 6.45) is 0.729. The van der Waals surface area contributed by atoms with E-state index in [1.54, 1.807) is 0 Å². The van der Waals surface area contributed by atoms with Gasteiger partial charge >= 0.3 is 129 Å². The SMILES string of the molecule is CC1(C)Cc2cc([AsH]c3ccc(F)cc3F)ccc2C1=O. The third-order valence-electron chi connectivity index (χ3n) is 3.81. The van der Waals surface area contributed by atoms with Gasteiger partial charge in [-0.2, -0.15) is 0 Å². The molecule has 0 bridgehead atoms. The van der Waals surface area contributed by atoms with Crippen LogP contribution in [0.5, 0.6) is 0 Å². The van der Waals surface area contributed by atoms with Crippen molar-refractivity contribution in [3.8, 4) is 0 Å². The molecule has 0 saturated carbocycles. The van der Waals surface area contributed by atoms with E-state index < -0.39 is 27.4 Å². The van der Waals surface area contributed by atoms with Crippen molar-refractivity contribution in [3.05, 3.63) is 59.2 Å². The molecule has 0 spiro atoms. The van der Waals surface area contributed by atoms with Crippen LogP contribution < -0.4 is 8.70 Å². The molecule has 0 N–H and O–H groups in total. The second-order valence-electron chi connectivity index (χ2n) is 6.01. The number of benzene rings is 2. The van der Waals surface area contributed by atoms with Gasteiger partial charge in [0, 0.05) is 0 Å². The molecule has 0 fully saturated rings. The average molecular weight is 348 g/mol. The summed E-state index contributed by atoms with van der Waals surface area (Å²) in [7, 11) is 0. The standard InChI is InChI=1S/C17H15AsF2O/c1-17(2)9-10-7-11(3-5-13(10)16(17)21)18-14-6-4-12(19)8-15(14)20/h3-8,18H,9H2,1-2H3. The van der Waals surface area contributed by atoms with Gasteiger partial charge in [-0.05, 0) is 0 Å². The summed E-state index contributed by atoms with van der Waals surface area (Å²) in [6, 6.07) is 9.52. The molecule has 1 aliphatic carbocycles. The number of Topliss-reactive ketones (excluding diaryl/α,β-unsaturated/α-hetero) is 1. The fourth-order valence-electron chi connectivity index (χ4n) is 2.71. The van der Waals surface area contributed by atoms with Crippen molar-refractivity contribution in [3.63, 3.8) is 0 Å². The fraction of sp³-hybridized carbons (Fsp3) is 0.235. The van der Waals surface area contributed by atoms with E-state index in [9.17, 15) is 13.6 Å². The third kappa shape index (κ3) is 2.67. The molecule has 0 heterocycles. The van der Waals surface area contributed by atoms with E-state index in [1.807, 2.05) is 32.0 Å². The molecule has 0 saturated heterocycles. The van der Waals surface area contributed by atoms with Gasteiger partial charge in [-0.1, -0.05) is 0 Å². The predicted molar refractivity (Wildman–Crippen MR) is 81.0 cm³/mol. The number of hydrogen-bond acceptors (Lipinski definition) is 1. The Morgan fingerprint density at radius 1 is 1.10 bits per heavy atom. The molecule has 4 heteroatoms. The van der Waals surface area contributed by atoms with E-state index in [1.165, 1.54) is 12.1 Å². The number of carbonyl (C=O) groups excluding carboxylic acids is 1. The van der Waals surface area contributed by atoms with Crippen LogP contribution in [0.25, 0.3) is 0 Å². The first-order valence-electron chi connectivity index (χ1n) is 6.77. The Morgan fingerprint density at radius 3 is 2.57 bits per heavy atom. The van der Waals surface area contributed by atoms with Crippen molar-refractivity contribution >= 4 is 30.2 Å². The van der Waals surface area contributed by atoms with E-state index in [-0.39, 0.29) is 11.2 Å². The Morgan fingerprint density at radius 2 is 1.86 bits per heavy atom. The zero-order valence-corrected chi connectivity index (χ0v) is 13.9. The Bertz CT molecular complexity index is 738. The molecule has 21 heavy (non-hydrogen) atoms.